The highest BCUT2D eigenvalue weighted by Crippen LogP contribution is 2.22. The molecule has 1 aliphatic heterocycles. The van der Waals surface area contributed by atoms with Crippen molar-refractivity contribution in [3.8, 4) is 0 Å². The molecular formula is C11H20N4. The maximum Gasteiger partial charge on any atom is 0.150 e. The highest BCUT2D eigenvalue weighted by atomic mass is 15.3. The Labute approximate surface area is 91.1 Å². The Bertz CT molecular complexity index is 323. The zero-order valence-corrected chi connectivity index (χ0v) is 9.82. The first-order valence-electron chi connectivity index (χ1n) is 5.81. The van der Waals surface area contributed by atoms with E-state index >= 15 is 0 Å². The summed E-state index contributed by atoms with van der Waals surface area (Å²) in [6.45, 7) is 8.62. The Hall–Kier alpha value is -0.900. The van der Waals surface area contributed by atoms with Crippen LogP contribution in [0.4, 0.5) is 0 Å². The monoisotopic (exact) mass is 208 g/mol. The molecule has 0 radical (unpaired) electrons. The molecule has 2 rings (SSSR count). The molecule has 1 atom stereocenters. The molecule has 1 aliphatic rings. The molecule has 0 aliphatic carbocycles. The van der Waals surface area contributed by atoms with E-state index in [1.165, 1.54) is 12.8 Å². The summed E-state index contributed by atoms with van der Waals surface area (Å²) in [4.78, 5) is 0. The van der Waals surface area contributed by atoms with Gasteiger partial charge in [0.05, 0.1) is 6.04 Å². The van der Waals surface area contributed by atoms with Crippen LogP contribution in [-0.4, -0.2) is 21.3 Å². The smallest absolute Gasteiger partial charge is 0.150 e. The topological polar surface area (TPSA) is 42.7 Å². The van der Waals surface area contributed by atoms with Crippen LogP contribution in [0.1, 0.15) is 44.4 Å². The second kappa shape index (κ2) is 4.31. The molecule has 0 bridgehead atoms. The van der Waals surface area contributed by atoms with Gasteiger partial charge in [-0.25, -0.2) is 0 Å². The number of aryl methyl sites for hydroxylation is 1. The fraction of sp³-hybridized carbons (Fsp3) is 0.818. The van der Waals surface area contributed by atoms with E-state index in [0.29, 0.717) is 12.0 Å². The molecule has 0 aromatic carbocycles. The minimum absolute atomic E-state index is 0.421. The van der Waals surface area contributed by atoms with Gasteiger partial charge in [-0.1, -0.05) is 13.8 Å². The summed E-state index contributed by atoms with van der Waals surface area (Å²) < 4.78 is 2.26. The maximum absolute atomic E-state index is 4.30. The predicted octanol–water partition coefficient (Wildman–Crippen LogP) is 1.67. The van der Waals surface area contributed by atoms with E-state index in [1.54, 1.807) is 0 Å². The van der Waals surface area contributed by atoms with E-state index in [1.807, 2.05) is 6.92 Å². The quantitative estimate of drug-likeness (QED) is 0.821. The molecule has 1 aromatic heterocycles. The van der Waals surface area contributed by atoms with E-state index in [9.17, 15) is 0 Å². The van der Waals surface area contributed by atoms with Gasteiger partial charge in [-0.3, -0.25) is 0 Å². The number of hydrogen-bond donors (Lipinski definition) is 1. The SMILES string of the molecule is Cc1nnc(C2CCCN2)n1CC(C)C. The number of nitrogens with zero attached hydrogens (tertiary/aromatic N) is 3. The normalized spacial score (nSPS) is 21.5. The molecule has 0 spiro atoms. The van der Waals surface area contributed by atoms with Crippen molar-refractivity contribution in [2.24, 2.45) is 5.92 Å². The molecule has 4 heteroatoms. The highest BCUT2D eigenvalue weighted by Gasteiger charge is 2.22. The highest BCUT2D eigenvalue weighted by molar-refractivity contribution is 5.02. The van der Waals surface area contributed by atoms with Gasteiger partial charge >= 0.3 is 0 Å². The standard InChI is InChI=1S/C11H20N4/c1-8(2)7-15-9(3)13-14-11(15)10-5-4-6-12-10/h8,10,12H,4-7H2,1-3H3. The van der Waals surface area contributed by atoms with Crippen molar-refractivity contribution >= 4 is 0 Å². The van der Waals surface area contributed by atoms with Crippen molar-refractivity contribution in [2.45, 2.75) is 46.2 Å². The van der Waals surface area contributed by atoms with E-state index in [-0.39, 0.29) is 0 Å². The van der Waals surface area contributed by atoms with Crippen molar-refractivity contribution < 1.29 is 0 Å². The predicted molar refractivity (Wildman–Crippen MR) is 59.6 cm³/mol. The molecule has 2 heterocycles. The summed E-state index contributed by atoms with van der Waals surface area (Å²) in [7, 11) is 0. The van der Waals surface area contributed by atoms with Gasteiger partial charge in [0.1, 0.15) is 11.6 Å². The van der Waals surface area contributed by atoms with Gasteiger partial charge in [-0.05, 0) is 32.2 Å². The first-order chi connectivity index (χ1) is 7.18. The van der Waals surface area contributed by atoms with Gasteiger partial charge in [0.15, 0.2) is 0 Å². The Kier molecular flexibility index (Phi) is 3.05. The zero-order chi connectivity index (χ0) is 10.8. The average molecular weight is 208 g/mol. The molecule has 1 fully saturated rings. The van der Waals surface area contributed by atoms with E-state index in [4.69, 9.17) is 0 Å². The third kappa shape index (κ3) is 2.20. The number of aromatic nitrogens is 3. The molecule has 1 unspecified atom stereocenters. The molecule has 1 saturated heterocycles. The number of rotatable bonds is 3. The lowest BCUT2D eigenvalue weighted by molar-refractivity contribution is 0.470. The third-order valence-electron chi connectivity index (χ3n) is 2.88. The Morgan fingerprint density at radius 3 is 2.87 bits per heavy atom. The molecule has 84 valence electrons. The Morgan fingerprint density at radius 2 is 2.27 bits per heavy atom. The lowest BCUT2D eigenvalue weighted by Crippen LogP contribution is -2.20. The summed E-state index contributed by atoms with van der Waals surface area (Å²) in [5.74, 6) is 2.80. The lowest BCUT2D eigenvalue weighted by atomic mass is 10.2. The first-order valence-corrected chi connectivity index (χ1v) is 5.81. The van der Waals surface area contributed by atoms with Crippen LogP contribution in [0.2, 0.25) is 0 Å². The molecule has 15 heavy (non-hydrogen) atoms. The number of nitrogens with one attached hydrogen (secondary N) is 1. The molecular weight excluding hydrogens is 188 g/mol. The van der Waals surface area contributed by atoms with Crippen molar-refractivity contribution in [3.63, 3.8) is 0 Å². The van der Waals surface area contributed by atoms with Crippen LogP contribution in [0, 0.1) is 12.8 Å². The van der Waals surface area contributed by atoms with Crippen LogP contribution < -0.4 is 5.32 Å². The Balaban J connectivity index is 2.22. The fourth-order valence-electron chi connectivity index (χ4n) is 2.15. The van der Waals surface area contributed by atoms with Gasteiger partial charge in [0, 0.05) is 6.54 Å². The first kappa shape index (κ1) is 10.6. The van der Waals surface area contributed by atoms with Gasteiger partial charge in [0.2, 0.25) is 0 Å². The zero-order valence-electron chi connectivity index (χ0n) is 9.82. The molecule has 0 amide bonds. The van der Waals surface area contributed by atoms with Crippen molar-refractivity contribution in [2.75, 3.05) is 6.54 Å². The molecule has 4 nitrogen and oxygen atoms in total. The van der Waals surface area contributed by atoms with Crippen LogP contribution in [0.25, 0.3) is 0 Å². The van der Waals surface area contributed by atoms with Crippen LogP contribution in [0.3, 0.4) is 0 Å². The average Bonchev–Trinajstić information content (AvgIpc) is 2.76. The van der Waals surface area contributed by atoms with Crippen LogP contribution in [0.5, 0.6) is 0 Å². The summed E-state index contributed by atoms with van der Waals surface area (Å²) in [6, 6.07) is 0.421. The minimum Gasteiger partial charge on any atom is -0.314 e. The van der Waals surface area contributed by atoms with Crippen LogP contribution in [-0.2, 0) is 6.54 Å². The molecule has 0 saturated carbocycles. The summed E-state index contributed by atoms with van der Waals surface area (Å²) in [6.07, 6.45) is 2.44. The second-order valence-electron chi connectivity index (χ2n) is 4.76. The second-order valence-corrected chi connectivity index (χ2v) is 4.76. The van der Waals surface area contributed by atoms with Crippen molar-refractivity contribution in [1.29, 1.82) is 0 Å². The molecule has 1 aromatic rings. The van der Waals surface area contributed by atoms with Crippen LogP contribution >= 0.6 is 0 Å². The summed E-state index contributed by atoms with van der Waals surface area (Å²) in [5.41, 5.74) is 0. The largest absolute Gasteiger partial charge is 0.314 e. The van der Waals surface area contributed by atoms with Crippen LogP contribution in [0.15, 0.2) is 0 Å². The molecule has 1 N–H and O–H groups in total. The van der Waals surface area contributed by atoms with E-state index in [0.717, 1.165) is 24.7 Å². The van der Waals surface area contributed by atoms with Gasteiger partial charge in [0.25, 0.3) is 0 Å². The van der Waals surface area contributed by atoms with Gasteiger partial charge in [-0.2, -0.15) is 0 Å². The number of hydrogen-bond acceptors (Lipinski definition) is 3. The van der Waals surface area contributed by atoms with Gasteiger partial charge in [-0.15, -0.1) is 10.2 Å². The van der Waals surface area contributed by atoms with Crippen molar-refractivity contribution in [3.05, 3.63) is 11.6 Å². The fourth-order valence-corrected chi connectivity index (χ4v) is 2.15. The lowest BCUT2D eigenvalue weighted by Gasteiger charge is -2.14. The summed E-state index contributed by atoms with van der Waals surface area (Å²) >= 11 is 0. The minimum atomic E-state index is 0.421. The van der Waals surface area contributed by atoms with E-state index < -0.39 is 0 Å². The maximum atomic E-state index is 4.30. The van der Waals surface area contributed by atoms with E-state index in [2.05, 4.69) is 33.9 Å². The Morgan fingerprint density at radius 1 is 1.47 bits per heavy atom. The summed E-state index contributed by atoms with van der Waals surface area (Å²) in [5, 5.41) is 12.0. The third-order valence-corrected chi connectivity index (χ3v) is 2.88. The van der Waals surface area contributed by atoms with Gasteiger partial charge < -0.3 is 9.88 Å². The van der Waals surface area contributed by atoms with Crippen molar-refractivity contribution in [1.82, 2.24) is 20.1 Å².